The number of carbonyl (C=O) groups is 1. The summed E-state index contributed by atoms with van der Waals surface area (Å²) in [4.78, 5) is 14.4. The fourth-order valence-electron chi connectivity index (χ4n) is 2.07. The molecule has 1 aromatic carbocycles. The average molecular weight is 351 g/mol. The van der Waals surface area contributed by atoms with Crippen molar-refractivity contribution in [1.82, 2.24) is 4.90 Å². The quantitative estimate of drug-likeness (QED) is 0.848. The normalized spacial score (nSPS) is 10.9. The smallest absolute Gasteiger partial charge is 0.254 e. The minimum atomic E-state index is -0.0572. The first kappa shape index (κ1) is 15.6. The van der Waals surface area contributed by atoms with Gasteiger partial charge in [-0.15, -0.1) is 0 Å². The average Bonchev–Trinajstić information content (AvgIpc) is 2.83. The van der Waals surface area contributed by atoms with E-state index in [9.17, 15) is 4.79 Å². The van der Waals surface area contributed by atoms with Crippen molar-refractivity contribution >= 4 is 27.5 Å². The minimum Gasteiger partial charge on any atom is -0.464 e. The number of benzene rings is 1. The molecule has 0 fully saturated rings. The van der Waals surface area contributed by atoms with Crippen molar-refractivity contribution in [2.75, 3.05) is 5.73 Å². The summed E-state index contributed by atoms with van der Waals surface area (Å²) in [6.45, 7) is 6.30. The van der Waals surface area contributed by atoms with E-state index >= 15 is 0 Å². The lowest BCUT2D eigenvalue weighted by Gasteiger charge is -2.26. The second kappa shape index (κ2) is 6.35. The number of halogens is 1. The number of hydrogen-bond donors (Lipinski definition) is 1. The van der Waals surface area contributed by atoms with Gasteiger partial charge in [-0.05, 0) is 67.0 Å². The molecule has 112 valence electrons. The number of nitrogen functional groups attached to an aromatic ring is 1. The summed E-state index contributed by atoms with van der Waals surface area (Å²) in [5.74, 6) is 1.56. The number of furan rings is 1. The standard InChI is InChI=1S/C16H19BrN2O2/c1-10(2)19(9-13-6-4-11(3)21-13)16(20)12-5-7-14(17)15(18)8-12/h4-8,10H,9,18H2,1-3H3. The first-order valence-corrected chi connectivity index (χ1v) is 7.59. The van der Waals surface area contributed by atoms with Gasteiger partial charge >= 0.3 is 0 Å². The molecule has 0 aliphatic carbocycles. The first-order chi connectivity index (χ1) is 9.88. The molecule has 2 rings (SSSR count). The van der Waals surface area contributed by atoms with Crippen LogP contribution in [0.25, 0.3) is 0 Å². The maximum absolute atomic E-state index is 12.7. The molecular formula is C16H19BrN2O2. The lowest BCUT2D eigenvalue weighted by molar-refractivity contribution is 0.0675. The lowest BCUT2D eigenvalue weighted by Crippen LogP contribution is -2.36. The zero-order valence-corrected chi connectivity index (χ0v) is 14.0. The summed E-state index contributed by atoms with van der Waals surface area (Å²) in [6.07, 6.45) is 0. The van der Waals surface area contributed by atoms with E-state index in [-0.39, 0.29) is 11.9 Å². The number of hydrogen-bond acceptors (Lipinski definition) is 3. The van der Waals surface area contributed by atoms with Gasteiger partial charge in [0.2, 0.25) is 0 Å². The molecule has 21 heavy (non-hydrogen) atoms. The predicted octanol–water partition coefficient (Wildman–Crippen LogP) is 3.98. The van der Waals surface area contributed by atoms with E-state index in [1.54, 1.807) is 23.1 Å². The number of anilines is 1. The number of aryl methyl sites for hydroxylation is 1. The summed E-state index contributed by atoms with van der Waals surface area (Å²) in [5.41, 5.74) is 6.99. The molecule has 0 atom stereocenters. The Morgan fingerprint density at radius 3 is 2.57 bits per heavy atom. The van der Waals surface area contributed by atoms with Gasteiger partial charge in [-0.1, -0.05) is 0 Å². The van der Waals surface area contributed by atoms with Crippen LogP contribution in [0.4, 0.5) is 5.69 Å². The van der Waals surface area contributed by atoms with Crippen molar-refractivity contribution in [1.29, 1.82) is 0 Å². The molecule has 4 nitrogen and oxygen atoms in total. The van der Waals surface area contributed by atoms with Gasteiger partial charge in [0.15, 0.2) is 0 Å². The molecule has 2 aromatic rings. The molecule has 0 aliphatic heterocycles. The Balaban J connectivity index is 2.24. The van der Waals surface area contributed by atoms with Gasteiger partial charge in [-0.3, -0.25) is 4.79 Å². The number of carbonyl (C=O) groups excluding carboxylic acids is 1. The van der Waals surface area contributed by atoms with Crippen LogP contribution in [0.1, 0.15) is 35.7 Å². The highest BCUT2D eigenvalue weighted by Crippen LogP contribution is 2.22. The monoisotopic (exact) mass is 350 g/mol. The zero-order chi connectivity index (χ0) is 15.6. The third-order valence-corrected chi connectivity index (χ3v) is 3.97. The number of nitrogens with zero attached hydrogens (tertiary/aromatic N) is 1. The second-order valence-electron chi connectivity index (χ2n) is 5.28. The number of rotatable bonds is 4. The molecule has 0 unspecified atom stereocenters. The van der Waals surface area contributed by atoms with Crippen LogP contribution in [0, 0.1) is 6.92 Å². The van der Waals surface area contributed by atoms with Gasteiger partial charge in [-0.25, -0.2) is 0 Å². The maximum Gasteiger partial charge on any atom is 0.254 e. The minimum absolute atomic E-state index is 0.0572. The molecular weight excluding hydrogens is 332 g/mol. The Morgan fingerprint density at radius 1 is 1.33 bits per heavy atom. The SMILES string of the molecule is Cc1ccc(CN(C(=O)c2ccc(Br)c(N)c2)C(C)C)o1. The van der Waals surface area contributed by atoms with Crippen LogP contribution in [-0.2, 0) is 6.54 Å². The zero-order valence-electron chi connectivity index (χ0n) is 12.4. The summed E-state index contributed by atoms with van der Waals surface area (Å²) in [6, 6.07) is 9.11. The van der Waals surface area contributed by atoms with Gasteiger partial charge < -0.3 is 15.1 Å². The van der Waals surface area contributed by atoms with Crippen LogP contribution in [0.2, 0.25) is 0 Å². The highest BCUT2D eigenvalue weighted by atomic mass is 79.9. The molecule has 5 heteroatoms. The fraction of sp³-hybridized carbons (Fsp3) is 0.312. The van der Waals surface area contributed by atoms with Crippen LogP contribution in [-0.4, -0.2) is 16.8 Å². The van der Waals surface area contributed by atoms with Crippen LogP contribution >= 0.6 is 15.9 Å². The topological polar surface area (TPSA) is 59.5 Å². The summed E-state index contributed by atoms with van der Waals surface area (Å²) >= 11 is 3.34. The maximum atomic E-state index is 12.7. The highest BCUT2D eigenvalue weighted by Gasteiger charge is 2.20. The second-order valence-corrected chi connectivity index (χ2v) is 6.13. The fourth-order valence-corrected chi connectivity index (χ4v) is 2.32. The summed E-state index contributed by atoms with van der Waals surface area (Å²) in [7, 11) is 0. The van der Waals surface area contributed by atoms with Gasteiger partial charge in [0.25, 0.3) is 5.91 Å². The van der Waals surface area contributed by atoms with E-state index in [0.29, 0.717) is 17.8 Å². The Morgan fingerprint density at radius 2 is 2.05 bits per heavy atom. The van der Waals surface area contributed by atoms with Crippen molar-refractivity contribution in [2.45, 2.75) is 33.4 Å². The van der Waals surface area contributed by atoms with Crippen molar-refractivity contribution < 1.29 is 9.21 Å². The van der Waals surface area contributed by atoms with Crippen LogP contribution in [0.5, 0.6) is 0 Å². The van der Waals surface area contributed by atoms with Gasteiger partial charge in [0.1, 0.15) is 11.5 Å². The van der Waals surface area contributed by atoms with E-state index in [4.69, 9.17) is 10.2 Å². The lowest BCUT2D eigenvalue weighted by atomic mass is 10.1. The Labute approximate surface area is 133 Å². The van der Waals surface area contributed by atoms with Crippen LogP contribution < -0.4 is 5.73 Å². The highest BCUT2D eigenvalue weighted by molar-refractivity contribution is 9.10. The van der Waals surface area contributed by atoms with E-state index in [1.807, 2.05) is 32.9 Å². The predicted molar refractivity (Wildman–Crippen MR) is 87.0 cm³/mol. The molecule has 1 aromatic heterocycles. The molecule has 2 N–H and O–H groups in total. The Bertz CT molecular complexity index is 649. The number of nitrogens with two attached hydrogens (primary N) is 1. The van der Waals surface area contributed by atoms with Crippen LogP contribution in [0.3, 0.4) is 0 Å². The first-order valence-electron chi connectivity index (χ1n) is 6.80. The number of amides is 1. The van der Waals surface area contributed by atoms with Crippen LogP contribution in [0.15, 0.2) is 39.2 Å². The molecule has 0 saturated carbocycles. The van der Waals surface area contributed by atoms with Crippen molar-refractivity contribution in [3.8, 4) is 0 Å². The molecule has 0 aliphatic rings. The molecule has 0 saturated heterocycles. The summed E-state index contributed by atoms with van der Waals surface area (Å²) in [5, 5.41) is 0. The molecule has 1 amide bonds. The third-order valence-electron chi connectivity index (χ3n) is 3.25. The van der Waals surface area contributed by atoms with E-state index < -0.39 is 0 Å². The van der Waals surface area contributed by atoms with Crippen molar-refractivity contribution in [3.05, 3.63) is 51.9 Å². The largest absolute Gasteiger partial charge is 0.464 e. The Hall–Kier alpha value is -1.75. The van der Waals surface area contributed by atoms with Gasteiger partial charge in [0.05, 0.1) is 6.54 Å². The van der Waals surface area contributed by atoms with Gasteiger partial charge in [0, 0.05) is 21.8 Å². The third kappa shape index (κ3) is 3.67. The van der Waals surface area contributed by atoms with E-state index in [0.717, 1.165) is 16.0 Å². The van der Waals surface area contributed by atoms with E-state index in [2.05, 4.69) is 15.9 Å². The summed E-state index contributed by atoms with van der Waals surface area (Å²) < 4.78 is 6.36. The molecule has 0 radical (unpaired) electrons. The van der Waals surface area contributed by atoms with E-state index in [1.165, 1.54) is 0 Å². The molecule has 0 spiro atoms. The molecule has 0 bridgehead atoms. The van der Waals surface area contributed by atoms with Crippen molar-refractivity contribution in [2.24, 2.45) is 0 Å². The molecule has 1 heterocycles. The van der Waals surface area contributed by atoms with Gasteiger partial charge in [-0.2, -0.15) is 0 Å². The van der Waals surface area contributed by atoms with Crippen molar-refractivity contribution in [3.63, 3.8) is 0 Å². The Kier molecular flexibility index (Phi) is 4.73.